The van der Waals surface area contributed by atoms with E-state index in [-0.39, 0.29) is 23.3 Å². The second-order valence-corrected chi connectivity index (χ2v) is 5.16. The number of carbonyl (C=O) groups excluding carboxylic acids is 1. The Morgan fingerprint density at radius 3 is 2.26 bits per heavy atom. The number of amides is 1. The fourth-order valence-corrected chi connectivity index (χ4v) is 1.74. The zero-order valence-corrected chi connectivity index (χ0v) is 11.8. The van der Waals surface area contributed by atoms with Crippen molar-refractivity contribution in [3.63, 3.8) is 0 Å². The first kappa shape index (κ1) is 15.1. The molecule has 5 heteroatoms. The van der Waals surface area contributed by atoms with E-state index in [2.05, 4.69) is 4.98 Å². The average Bonchev–Trinajstić information content (AvgIpc) is 2.34. The van der Waals surface area contributed by atoms with Crippen LogP contribution < -0.4 is 0 Å². The molecule has 0 aliphatic carbocycles. The monoisotopic (exact) mass is 264 g/mol. The third-order valence-electron chi connectivity index (χ3n) is 2.63. The molecule has 0 aliphatic rings. The van der Waals surface area contributed by atoms with E-state index in [1.807, 2.05) is 27.7 Å². The summed E-state index contributed by atoms with van der Waals surface area (Å²) in [7, 11) is 0. The zero-order chi connectivity index (χ0) is 14.6. The lowest BCUT2D eigenvalue weighted by atomic mass is 10.1. The Bertz CT molecular complexity index is 470. The van der Waals surface area contributed by atoms with Crippen molar-refractivity contribution in [2.45, 2.75) is 33.7 Å². The lowest BCUT2D eigenvalue weighted by molar-refractivity contribution is 0.0673. The molecule has 1 aromatic rings. The topological polar surface area (TPSA) is 70.5 Å². The maximum absolute atomic E-state index is 12.4. The van der Waals surface area contributed by atoms with E-state index >= 15 is 0 Å². The lowest BCUT2D eigenvalue weighted by Gasteiger charge is -2.28. The molecule has 0 radical (unpaired) electrons. The molecule has 0 aromatic carbocycles. The highest BCUT2D eigenvalue weighted by Gasteiger charge is 2.21. The molecule has 1 rings (SSSR count). The quantitative estimate of drug-likeness (QED) is 0.885. The highest BCUT2D eigenvalue weighted by molar-refractivity contribution is 5.94. The van der Waals surface area contributed by atoms with Gasteiger partial charge in [-0.15, -0.1) is 0 Å². The van der Waals surface area contributed by atoms with Gasteiger partial charge in [-0.05, 0) is 31.9 Å². The first-order valence-corrected chi connectivity index (χ1v) is 6.34. The summed E-state index contributed by atoms with van der Waals surface area (Å²) in [6, 6.07) is 4.51. The number of carbonyl (C=O) groups is 2. The van der Waals surface area contributed by atoms with Gasteiger partial charge in [0.15, 0.2) is 0 Å². The molecule has 0 aliphatic heterocycles. The van der Waals surface area contributed by atoms with Gasteiger partial charge in [-0.2, -0.15) is 0 Å². The first-order chi connectivity index (χ1) is 8.82. The van der Waals surface area contributed by atoms with Gasteiger partial charge in [0.1, 0.15) is 11.4 Å². The van der Waals surface area contributed by atoms with Crippen molar-refractivity contribution >= 4 is 11.9 Å². The predicted molar refractivity (Wildman–Crippen MR) is 72.2 cm³/mol. The standard InChI is InChI=1S/C14H20N2O3/c1-9(2)8-16(10(3)4)13(17)11-6-5-7-12(15-11)14(18)19/h5-7,9-10H,8H2,1-4H3,(H,18,19). The summed E-state index contributed by atoms with van der Waals surface area (Å²) in [5.41, 5.74) is 0.0633. The van der Waals surface area contributed by atoms with Crippen molar-refractivity contribution in [3.8, 4) is 0 Å². The van der Waals surface area contributed by atoms with E-state index in [0.29, 0.717) is 12.5 Å². The molecule has 0 saturated carbocycles. The Morgan fingerprint density at radius 2 is 1.79 bits per heavy atom. The minimum absolute atomic E-state index is 0.0465. The highest BCUT2D eigenvalue weighted by Crippen LogP contribution is 2.10. The number of hydrogen-bond acceptors (Lipinski definition) is 3. The Hall–Kier alpha value is -1.91. The second-order valence-electron chi connectivity index (χ2n) is 5.16. The third kappa shape index (κ3) is 4.05. The van der Waals surface area contributed by atoms with Gasteiger partial charge >= 0.3 is 5.97 Å². The molecule has 1 amide bonds. The van der Waals surface area contributed by atoms with Gasteiger partial charge in [0.25, 0.3) is 5.91 Å². The zero-order valence-electron chi connectivity index (χ0n) is 11.8. The molecule has 0 unspecified atom stereocenters. The molecule has 5 nitrogen and oxygen atoms in total. The smallest absolute Gasteiger partial charge is 0.354 e. The summed E-state index contributed by atoms with van der Waals surface area (Å²) in [6.45, 7) is 8.55. The predicted octanol–water partition coefficient (Wildman–Crippen LogP) is 2.29. The number of nitrogens with zero attached hydrogens (tertiary/aromatic N) is 2. The molecule has 19 heavy (non-hydrogen) atoms. The SMILES string of the molecule is CC(C)CN(C(=O)c1cccc(C(=O)O)n1)C(C)C. The summed E-state index contributed by atoms with van der Waals surface area (Å²) < 4.78 is 0. The maximum atomic E-state index is 12.4. The van der Waals surface area contributed by atoms with Crippen molar-refractivity contribution < 1.29 is 14.7 Å². The molecule has 0 bridgehead atoms. The number of aromatic nitrogens is 1. The Balaban J connectivity index is 3.02. The van der Waals surface area contributed by atoms with Crippen LogP contribution in [0.25, 0.3) is 0 Å². The molecule has 1 N–H and O–H groups in total. The Morgan fingerprint density at radius 1 is 1.21 bits per heavy atom. The van der Waals surface area contributed by atoms with Crippen molar-refractivity contribution in [1.82, 2.24) is 9.88 Å². The van der Waals surface area contributed by atoms with Crippen LogP contribution in [0.5, 0.6) is 0 Å². The molecular weight excluding hydrogens is 244 g/mol. The number of rotatable bonds is 5. The van der Waals surface area contributed by atoms with E-state index < -0.39 is 5.97 Å². The molecule has 104 valence electrons. The summed E-state index contributed by atoms with van der Waals surface area (Å²) in [5, 5.41) is 8.90. The molecular formula is C14H20N2O3. The van der Waals surface area contributed by atoms with E-state index in [4.69, 9.17) is 5.11 Å². The van der Waals surface area contributed by atoms with Crippen LogP contribution in [0.2, 0.25) is 0 Å². The van der Waals surface area contributed by atoms with Crippen LogP contribution in [-0.4, -0.2) is 39.5 Å². The van der Waals surface area contributed by atoms with Crippen molar-refractivity contribution in [3.05, 3.63) is 29.6 Å². The average molecular weight is 264 g/mol. The van der Waals surface area contributed by atoms with Crippen LogP contribution in [-0.2, 0) is 0 Å². The van der Waals surface area contributed by atoms with E-state index in [9.17, 15) is 9.59 Å². The molecule has 0 saturated heterocycles. The number of hydrogen-bond donors (Lipinski definition) is 1. The van der Waals surface area contributed by atoms with Gasteiger partial charge in [0.05, 0.1) is 0 Å². The summed E-state index contributed by atoms with van der Waals surface area (Å²) in [5.74, 6) is -1.02. The summed E-state index contributed by atoms with van der Waals surface area (Å²) >= 11 is 0. The molecule has 0 atom stereocenters. The minimum atomic E-state index is -1.13. The van der Waals surface area contributed by atoms with E-state index in [1.54, 1.807) is 11.0 Å². The minimum Gasteiger partial charge on any atom is -0.477 e. The van der Waals surface area contributed by atoms with Crippen molar-refractivity contribution in [2.24, 2.45) is 5.92 Å². The van der Waals surface area contributed by atoms with Crippen LogP contribution in [0.1, 0.15) is 48.7 Å². The fraction of sp³-hybridized carbons (Fsp3) is 0.500. The first-order valence-electron chi connectivity index (χ1n) is 6.34. The van der Waals surface area contributed by atoms with Gasteiger partial charge in [-0.3, -0.25) is 4.79 Å². The molecule has 0 fully saturated rings. The van der Waals surface area contributed by atoms with Crippen LogP contribution in [0.3, 0.4) is 0 Å². The lowest BCUT2D eigenvalue weighted by Crippen LogP contribution is -2.40. The van der Waals surface area contributed by atoms with Crippen molar-refractivity contribution in [1.29, 1.82) is 0 Å². The highest BCUT2D eigenvalue weighted by atomic mass is 16.4. The number of carboxylic acid groups (broad SMARTS) is 1. The molecule has 1 heterocycles. The maximum Gasteiger partial charge on any atom is 0.354 e. The number of carboxylic acids is 1. The van der Waals surface area contributed by atoms with Crippen LogP contribution >= 0.6 is 0 Å². The van der Waals surface area contributed by atoms with Crippen molar-refractivity contribution in [2.75, 3.05) is 6.54 Å². The summed E-state index contributed by atoms with van der Waals surface area (Å²) in [4.78, 5) is 28.8. The summed E-state index contributed by atoms with van der Waals surface area (Å²) in [6.07, 6.45) is 0. The molecule has 0 spiro atoms. The largest absolute Gasteiger partial charge is 0.477 e. The number of pyridine rings is 1. The van der Waals surface area contributed by atoms with Gasteiger partial charge in [-0.25, -0.2) is 9.78 Å². The Labute approximate surface area is 113 Å². The van der Waals surface area contributed by atoms with Crippen LogP contribution in [0, 0.1) is 5.92 Å². The number of aromatic carboxylic acids is 1. The fourth-order valence-electron chi connectivity index (χ4n) is 1.74. The van der Waals surface area contributed by atoms with Gasteiger partial charge in [0.2, 0.25) is 0 Å². The van der Waals surface area contributed by atoms with E-state index in [1.165, 1.54) is 12.1 Å². The second kappa shape index (κ2) is 6.31. The normalized spacial score (nSPS) is 10.8. The van der Waals surface area contributed by atoms with Gasteiger partial charge in [-0.1, -0.05) is 19.9 Å². The van der Waals surface area contributed by atoms with Gasteiger partial charge < -0.3 is 10.0 Å². The van der Waals surface area contributed by atoms with Gasteiger partial charge in [0, 0.05) is 12.6 Å². The van der Waals surface area contributed by atoms with E-state index in [0.717, 1.165) is 0 Å². The van der Waals surface area contributed by atoms with Crippen LogP contribution in [0.15, 0.2) is 18.2 Å². The Kier molecular flexibility index (Phi) is 5.03. The molecule has 1 aromatic heterocycles. The third-order valence-corrected chi connectivity index (χ3v) is 2.63. The van der Waals surface area contributed by atoms with Crippen LogP contribution in [0.4, 0.5) is 0 Å².